The van der Waals surface area contributed by atoms with Crippen molar-refractivity contribution in [2.75, 3.05) is 20.3 Å². The van der Waals surface area contributed by atoms with Crippen LogP contribution in [-0.4, -0.2) is 28.7 Å². The van der Waals surface area contributed by atoms with E-state index in [2.05, 4.69) is 20.7 Å². The van der Waals surface area contributed by atoms with Gasteiger partial charge in [-0.1, -0.05) is 28.1 Å². The number of hydrogen-bond donors (Lipinski definition) is 1. The van der Waals surface area contributed by atoms with E-state index >= 15 is 0 Å². The van der Waals surface area contributed by atoms with Gasteiger partial charge in [0.1, 0.15) is 0 Å². The molecular weight excluding hydrogens is 294 g/mol. The Balaban J connectivity index is 2.74. The Morgan fingerprint density at radius 1 is 1.31 bits per heavy atom. The molecule has 0 aliphatic heterocycles. The average Bonchev–Trinajstić information content (AvgIpc) is 2.29. The Hall–Kier alpha value is -0.430. The van der Waals surface area contributed by atoms with Gasteiger partial charge < -0.3 is 4.74 Å². The number of ether oxygens (including phenoxy) is 1. The molecule has 16 heavy (non-hydrogen) atoms. The van der Waals surface area contributed by atoms with Gasteiger partial charge in [-0.2, -0.15) is 0 Å². The van der Waals surface area contributed by atoms with Crippen LogP contribution in [-0.2, 0) is 20.1 Å². The van der Waals surface area contributed by atoms with E-state index in [9.17, 15) is 8.42 Å². The Morgan fingerprint density at radius 3 is 2.44 bits per heavy atom. The molecule has 0 radical (unpaired) electrons. The summed E-state index contributed by atoms with van der Waals surface area (Å²) < 4.78 is 30.7. The molecule has 6 heteroatoms. The van der Waals surface area contributed by atoms with Gasteiger partial charge >= 0.3 is 0 Å². The monoisotopic (exact) mass is 307 g/mol. The highest BCUT2D eigenvalue weighted by molar-refractivity contribution is 9.08. The highest BCUT2D eigenvalue weighted by atomic mass is 79.9. The van der Waals surface area contributed by atoms with Crippen molar-refractivity contribution in [3.63, 3.8) is 0 Å². The second-order valence-electron chi connectivity index (χ2n) is 3.17. The summed E-state index contributed by atoms with van der Waals surface area (Å²) in [5.41, 5.74) is 1.04. The lowest BCUT2D eigenvalue weighted by Gasteiger charge is -2.06. The Labute approximate surface area is 104 Å². The fourth-order valence-corrected chi connectivity index (χ4v) is 2.51. The number of nitrogens with one attached hydrogen (secondary N) is 1. The average molecular weight is 308 g/mol. The minimum absolute atomic E-state index is 0.272. The third-order valence-electron chi connectivity index (χ3n) is 1.99. The molecule has 1 aromatic rings. The first-order valence-electron chi connectivity index (χ1n) is 4.73. The fourth-order valence-electron chi connectivity index (χ4n) is 1.12. The molecule has 4 nitrogen and oxygen atoms in total. The minimum atomic E-state index is -3.40. The number of hydrogen-bond acceptors (Lipinski definition) is 3. The first-order chi connectivity index (χ1) is 7.60. The molecule has 0 unspecified atom stereocenters. The molecule has 90 valence electrons. The minimum Gasteiger partial charge on any atom is -0.383 e. The predicted molar refractivity (Wildman–Crippen MR) is 66.1 cm³/mol. The summed E-state index contributed by atoms with van der Waals surface area (Å²) in [6.45, 7) is 0.637. The van der Waals surface area contributed by atoms with Gasteiger partial charge in [0, 0.05) is 19.0 Å². The van der Waals surface area contributed by atoms with Crippen LogP contribution in [0.5, 0.6) is 0 Å². The number of methoxy groups -OCH3 is 1. The molecule has 0 saturated heterocycles. The Bertz CT molecular complexity index is 416. The topological polar surface area (TPSA) is 55.4 Å². The van der Waals surface area contributed by atoms with E-state index in [0.717, 1.165) is 5.56 Å². The van der Waals surface area contributed by atoms with Crippen molar-refractivity contribution in [3.8, 4) is 0 Å². The molecule has 1 N–H and O–H groups in total. The first kappa shape index (κ1) is 13.6. The predicted octanol–water partition coefficient (Wildman–Crippen LogP) is 1.51. The number of sulfonamides is 1. The van der Waals surface area contributed by atoms with Crippen LogP contribution in [0.2, 0.25) is 0 Å². The zero-order valence-corrected chi connectivity index (χ0v) is 11.3. The van der Waals surface area contributed by atoms with Crippen molar-refractivity contribution < 1.29 is 13.2 Å². The largest absolute Gasteiger partial charge is 0.383 e. The van der Waals surface area contributed by atoms with Crippen molar-refractivity contribution >= 4 is 26.0 Å². The van der Waals surface area contributed by atoms with E-state index in [4.69, 9.17) is 4.74 Å². The van der Waals surface area contributed by atoms with Crippen LogP contribution in [0.15, 0.2) is 29.2 Å². The molecule has 1 aromatic carbocycles. The highest BCUT2D eigenvalue weighted by Crippen LogP contribution is 2.12. The molecule has 0 aliphatic rings. The van der Waals surface area contributed by atoms with Crippen molar-refractivity contribution in [2.45, 2.75) is 10.2 Å². The number of benzene rings is 1. The zero-order valence-electron chi connectivity index (χ0n) is 8.94. The van der Waals surface area contributed by atoms with Gasteiger partial charge in [-0.3, -0.25) is 0 Å². The Kier molecular flexibility index (Phi) is 5.40. The lowest BCUT2D eigenvalue weighted by atomic mass is 10.2. The molecule has 0 spiro atoms. The van der Waals surface area contributed by atoms with Crippen molar-refractivity contribution in [1.82, 2.24) is 4.72 Å². The number of alkyl halides is 1. The first-order valence-corrected chi connectivity index (χ1v) is 7.34. The van der Waals surface area contributed by atoms with Gasteiger partial charge in [0.2, 0.25) is 10.0 Å². The summed E-state index contributed by atoms with van der Waals surface area (Å²) in [7, 11) is -1.88. The molecule has 0 saturated carbocycles. The van der Waals surface area contributed by atoms with E-state index in [-0.39, 0.29) is 11.4 Å². The maximum Gasteiger partial charge on any atom is 0.240 e. The molecule has 0 atom stereocenters. The van der Waals surface area contributed by atoms with Crippen LogP contribution < -0.4 is 4.72 Å². The molecule has 0 aliphatic carbocycles. The smallest absolute Gasteiger partial charge is 0.240 e. The summed E-state index contributed by atoms with van der Waals surface area (Å²) in [5, 5.41) is 0.713. The third-order valence-corrected chi connectivity index (χ3v) is 4.11. The lowest BCUT2D eigenvalue weighted by Crippen LogP contribution is -2.27. The molecule has 0 bridgehead atoms. The molecule has 0 amide bonds. The lowest BCUT2D eigenvalue weighted by molar-refractivity contribution is 0.204. The maximum absolute atomic E-state index is 11.7. The Morgan fingerprint density at radius 2 is 1.94 bits per heavy atom. The van der Waals surface area contributed by atoms with Crippen LogP contribution in [0.25, 0.3) is 0 Å². The molecule has 0 aromatic heterocycles. The number of rotatable bonds is 6. The fraction of sp³-hybridized carbons (Fsp3) is 0.400. The van der Waals surface area contributed by atoms with Crippen molar-refractivity contribution in [2.24, 2.45) is 0 Å². The van der Waals surface area contributed by atoms with Gasteiger partial charge in [-0.25, -0.2) is 13.1 Å². The summed E-state index contributed by atoms with van der Waals surface area (Å²) in [5.74, 6) is 0. The molecular formula is C10H14BrNO3S. The van der Waals surface area contributed by atoms with Gasteiger partial charge in [0.25, 0.3) is 0 Å². The SMILES string of the molecule is COCCNS(=O)(=O)c1ccc(CBr)cc1. The molecule has 1 rings (SSSR count). The zero-order chi connectivity index (χ0) is 12.0. The van der Waals surface area contributed by atoms with E-state index in [1.807, 2.05) is 0 Å². The second kappa shape index (κ2) is 6.34. The van der Waals surface area contributed by atoms with Crippen molar-refractivity contribution in [1.29, 1.82) is 0 Å². The van der Waals surface area contributed by atoms with Crippen LogP contribution in [0, 0.1) is 0 Å². The maximum atomic E-state index is 11.7. The van der Waals surface area contributed by atoms with E-state index in [1.165, 1.54) is 7.11 Å². The summed E-state index contributed by atoms with van der Waals surface area (Å²) in [6, 6.07) is 6.73. The quantitative estimate of drug-likeness (QED) is 0.640. The standard InChI is InChI=1S/C10H14BrNO3S/c1-15-7-6-12-16(13,14)10-4-2-9(8-11)3-5-10/h2-5,12H,6-8H2,1H3. The number of halogens is 1. The molecule has 0 fully saturated rings. The van der Waals surface area contributed by atoms with Gasteiger partial charge in [0.05, 0.1) is 11.5 Å². The van der Waals surface area contributed by atoms with Gasteiger partial charge in [-0.15, -0.1) is 0 Å². The van der Waals surface area contributed by atoms with Crippen LogP contribution >= 0.6 is 15.9 Å². The van der Waals surface area contributed by atoms with Crippen LogP contribution in [0.3, 0.4) is 0 Å². The third kappa shape index (κ3) is 3.86. The van der Waals surface area contributed by atoms with Crippen LogP contribution in [0.4, 0.5) is 0 Å². The van der Waals surface area contributed by atoms with Crippen molar-refractivity contribution in [3.05, 3.63) is 29.8 Å². The second-order valence-corrected chi connectivity index (χ2v) is 5.50. The summed E-state index contributed by atoms with van der Waals surface area (Å²) >= 11 is 3.30. The molecule has 0 heterocycles. The van der Waals surface area contributed by atoms with Crippen LogP contribution in [0.1, 0.15) is 5.56 Å². The van der Waals surface area contributed by atoms with E-state index in [1.54, 1.807) is 24.3 Å². The van der Waals surface area contributed by atoms with Gasteiger partial charge in [0.15, 0.2) is 0 Å². The van der Waals surface area contributed by atoms with E-state index < -0.39 is 10.0 Å². The summed E-state index contributed by atoms with van der Waals surface area (Å²) in [4.78, 5) is 0.272. The van der Waals surface area contributed by atoms with Gasteiger partial charge in [-0.05, 0) is 17.7 Å². The summed E-state index contributed by atoms with van der Waals surface area (Å²) in [6.07, 6.45) is 0. The highest BCUT2D eigenvalue weighted by Gasteiger charge is 2.12. The van der Waals surface area contributed by atoms with E-state index in [0.29, 0.717) is 11.9 Å². The normalized spacial score (nSPS) is 11.6.